The molecule has 0 aromatic heterocycles. The van der Waals surface area contributed by atoms with Gasteiger partial charge in [0.1, 0.15) is 0 Å². The van der Waals surface area contributed by atoms with Crippen molar-refractivity contribution in [3.8, 4) is 0 Å². The Morgan fingerprint density at radius 3 is 2.05 bits per heavy atom. The van der Waals surface area contributed by atoms with Crippen molar-refractivity contribution in [1.29, 1.82) is 0 Å². The lowest BCUT2D eigenvalue weighted by Gasteiger charge is -2.22. The molecule has 2 aromatic carbocycles. The van der Waals surface area contributed by atoms with Gasteiger partial charge in [-0.2, -0.15) is 0 Å². The average Bonchev–Trinajstić information content (AvgIpc) is 2.50. The van der Waals surface area contributed by atoms with Gasteiger partial charge >= 0.3 is 0 Å². The van der Waals surface area contributed by atoms with Crippen LogP contribution in [0.3, 0.4) is 0 Å². The number of aryl methyl sites for hydroxylation is 1. The highest BCUT2D eigenvalue weighted by Crippen LogP contribution is 2.31. The van der Waals surface area contributed by atoms with Crippen LogP contribution in [0.1, 0.15) is 35.6 Å². The second-order valence-corrected chi connectivity index (χ2v) is 5.37. The molecule has 3 N–H and O–H groups in total. The Morgan fingerprint density at radius 1 is 1.00 bits per heavy atom. The molecule has 0 fully saturated rings. The molecule has 3 heteroatoms. The van der Waals surface area contributed by atoms with Gasteiger partial charge in [0.15, 0.2) is 0 Å². The van der Waals surface area contributed by atoms with E-state index in [-0.39, 0.29) is 5.92 Å². The Hall–Kier alpha value is -1.35. The van der Waals surface area contributed by atoms with Crippen molar-refractivity contribution >= 4 is 11.6 Å². The van der Waals surface area contributed by atoms with Crippen molar-refractivity contribution in [3.05, 3.63) is 70.2 Å². The molecule has 106 valence electrons. The maximum absolute atomic E-state index is 10.6. The van der Waals surface area contributed by atoms with Crippen LogP contribution in [-0.4, -0.2) is 11.7 Å². The van der Waals surface area contributed by atoms with Gasteiger partial charge in [-0.05, 0) is 35.2 Å². The molecule has 0 aliphatic heterocycles. The van der Waals surface area contributed by atoms with E-state index in [2.05, 4.69) is 6.92 Å². The van der Waals surface area contributed by atoms with Crippen LogP contribution in [0.5, 0.6) is 0 Å². The van der Waals surface area contributed by atoms with Crippen LogP contribution in [0.4, 0.5) is 0 Å². The maximum Gasteiger partial charge on any atom is 0.0870 e. The first-order valence-electron chi connectivity index (χ1n) is 6.88. The summed E-state index contributed by atoms with van der Waals surface area (Å²) in [6, 6.07) is 15.5. The third kappa shape index (κ3) is 3.40. The molecule has 2 unspecified atom stereocenters. The molecular weight excluding hydrogens is 270 g/mol. The second-order valence-electron chi connectivity index (χ2n) is 4.93. The fourth-order valence-electron chi connectivity index (χ4n) is 2.34. The highest BCUT2D eigenvalue weighted by Gasteiger charge is 2.21. The van der Waals surface area contributed by atoms with Gasteiger partial charge in [0.2, 0.25) is 0 Å². The Morgan fingerprint density at radius 2 is 1.55 bits per heavy atom. The molecule has 0 heterocycles. The molecule has 2 nitrogen and oxygen atoms in total. The highest BCUT2D eigenvalue weighted by molar-refractivity contribution is 6.30. The number of halogens is 1. The first kappa shape index (κ1) is 15.0. The number of aliphatic hydroxyl groups is 1. The summed E-state index contributed by atoms with van der Waals surface area (Å²) in [5.74, 6) is -0.125. The summed E-state index contributed by atoms with van der Waals surface area (Å²) in [4.78, 5) is 0. The highest BCUT2D eigenvalue weighted by atomic mass is 35.5. The molecule has 2 aromatic rings. The van der Waals surface area contributed by atoms with Crippen molar-refractivity contribution in [3.63, 3.8) is 0 Å². The molecule has 0 aliphatic carbocycles. The van der Waals surface area contributed by atoms with Crippen LogP contribution < -0.4 is 5.73 Å². The van der Waals surface area contributed by atoms with E-state index < -0.39 is 6.10 Å². The summed E-state index contributed by atoms with van der Waals surface area (Å²) >= 11 is 5.90. The van der Waals surface area contributed by atoms with E-state index in [1.807, 2.05) is 48.5 Å². The van der Waals surface area contributed by atoms with E-state index in [9.17, 15) is 5.11 Å². The van der Waals surface area contributed by atoms with Crippen LogP contribution in [0.25, 0.3) is 0 Å². The minimum Gasteiger partial charge on any atom is -0.388 e. The van der Waals surface area contributed by atoms with Crippen LogP contribution in [-0.2, 0) is 6.42 Å². The molecule has 0 spiro atoms. The van der Waals surface area contributed by atoms with Gasteiger partial charge in [-0.1, -0.05) is 54.9 Å². The van der Waals surface area contributed by atoms with Gasteiger partial charge in [0, 0.05) is 17.5 Å². The zero-order chi connectivity index (χ0) is 14.5. The molecule has 0 amide bonds. The Bertz CT molecular complexity index is 536. The first-order valence-corrected chi connectivity index (χ1v) is 7.26. The lowest BCUT2D eigenvalue weighted by atomic mass is 9.89. The van der Waals surface area contributed by atoms with E-state index in [0.717, 1.165) is 17.5 Å². The van der Waals surface area contributed by atoms with Gasteiger partial charge in [0.05, 0.1) is 6.10 Å². The molecule has 20 heavy (non-hydrogen) atoms. The monoisotopic (exact) mass is 289 g/mol. The fraction of sp³-hybridized carbons (Fsp3) is 0.294. The molecule has 0 bridgehead atoms. The summed E-state index contributed by atoms with van der Waals surface area (Å²) in [7, 11) is 0. The molecule has 2 rings (SSSR count). The lowest BCUT2D eigenvalue weighted by Crippen LogP contribution is -2.20. The topological polar surface area (TPSA) is 46.2 Å². The van der Waals surface area contributed by atoms with Crippen molar-refractivity contribution in [2.75, 3.05) is 6.54 Å². The van der Waals surface area contributed by atoms with Gasteiger partial charge in [0.25, 0.3) is 0 Å². The summed E-state index contributed by atoms with van der Waals surface area (Å²) in [5, 5.41) is 11.2. The van der Waals surface area contributed by atoms with Crippen LogP contribution in [0, 0.1) is 0 Å². The number of aliphatic hydroxyl groups excluding tert-OH is 1. The Balaban J connectivity index is 2.23. The van der Waals surface area contributed by atoms with Gasteiger partial charge in [-0.3, -0.25) is 0 Å². The molecule has 0 saturated heterocycles. The standard InChI is InChI=1S/C17H20ClNO/c1-2-12-3-5-14(6-4-12)17(20)16(11-19)13-7-9-15(18)10-8-13/h3-10,16-17,20H,2,11,19H2,1H3. The Kier molecular flexibility index (Phi) is 5.18. The molecule has 0 aliphatic rings. The number of hydrogen-bond donors (Lipinski definition) is 2. The minimum absolute atomic E-state index is 0.125. The zero-order valence-electron chi connectivity index (χ0n) is 11.6. The van der Waals surface area contributed by atoms with Crippen molar-refractivity contribution < 1.29 is 5.11 Å². The lowest BCUT2D eigenvalue weighted by molar-refractivity contribution is 0.147. The summed E-state index contributed by atoms with van der Waals surface area (Å²) in [6.07, 6.45) is 0.389. The van der Waals surface area contributed by atoms with E-state index in [1.54, 1.807) is 0 Å². The SMILES string of the molecule is CCc1ccc(C(O)C(CN)c2ccc(Cl)cc2)cc1. The van der Waals surface area contributed by atoms with Crippen LogP contribution in [0.2, 0.25) is 5.02 Å². The number of hydrogen-bond acceptors (Lipinski definition) is 2. The number of rotatable bonds is 5. The third-order valence-corrected chi connectivity index (χ3v) is 3.91. The predicted molar refractivity (Wildman–Crippen MR) is 84.0 cm³/mol. The molecule has 0 saturated carbocycles. The third-order valence-electron chi connectivity index (χ3n) is 3.66. The van der Waals surface area contributed by atoms with Crippen molar-refractivity contribution in [2.24, 2.45) is 5.73 Å². The van der Waals surface area contributed by atoms with E-state index in [4.69, 9.17) is 17.3 Å². The Labute approximate surface area is 125 Å². The van der Waals surface area contributed by atoms with Crippen molar-refractivity contribution in [2.45, 2.75) is 25.4 Å². The van der Waals surface area contributed by atoms with Crippen LogP contribution in [0.15, 0.2) is 48.5 Å². The quantitative estimate of drug-likeness (QED) is 0.882. The zero-order valence-corrected chi connectivity index (χ0v) is 12.3. The van der Waals surface area contributed by atoms with E-state index in [1.165, 1.54) is 5.56 Å². The number of nitrogens with two attached hydrogens (primary N) is 1. The average molecular weight is 290 g/mol. The molecule has 2 atom stereocenters. The summed E-state index contributed by atoms with van der Waals surface area (Å²) in [6.45, 7) is 2.50. The van der Waals surface area contributed by atoms with Gasteiger partial charge in [-0.15, -0.1) is 0 Å². The molecule has 0 radical (unpaired) electrons. The van der Waals surface area contributed by atoms with Crippen LogP contribution >= 0.6 is 11.6 Å². The normalized spacial score (nSPS) is 14.0. The predicted octanol–water partition coefficient (Wildman–Crippen LogP) is 3.68. The first-order chi connectivity index (χ1) is 9.65. The van der Waals surface area contributed by atoms with Gasteiger partial charge < -0.3 is 10.8 Å². The number of benzene rings is 2. The second kappa shape index (κ2) is 6.89. The van der Waals surface area contributed by atoms with Gasteiger partial charge in [-0.25, -0.2) is 0 Å². The fourth-order valence-corrected chi connectivity index (χ4v) is 2.47. The van der Waals surface area contributed by atoms with Crippen molar-refractivity contribution in [1.82, 2.24) is 0 Å². The summed E-state index contributed by atoms with van der Waals surface area (Å²) in [5.41, 5.74) is 9.00. The molecular formula is C17H20ClNO. The van der Waals surface area contributed by atoms with E-state index in [0.29, 0.717) is 11.6 Å². The largest absolute Gasteiger partial charge is 0.388 e. The summed E-state index contributed by atoms with van der Waals surface area (Å²) < 4.78 is 0. The minimum atomic E-state index is -0.605. The smallest absolute Gasteiger partial charge is 0.0870 e. The van der Waals surface area contributed by atoms with E-state index >= 15 is 0 Å². The maximum atomic E-state index is 10.6.